The Morgan fingerprint density at radius 3 is 2.41 bits per heavy atom. The number of benzene rings is 2. The van der Waals surface area contributed by atoms with Crippen LogP contribution in [-0.4, -0.2) is 19.1 Å². The largest absolute Gasteiger partial charge is 0.496 e. The molecule has 3 rings (SSSR count). The second-order valence-corrected chi connectivity index (χ2v) is 8.18. The van der Waals surface area contributed by atoms with Crippen molar-refractivity contribution >= 4 is 5.91 Å². The van der Waals surface area contributed by atoms with Gasteiger partial charge >= 0.3 is 0 Å². The van der Waals surface area contributed by atoms with Crippen molar-refractivity contribution in [3.8, 4) is 11.5 Å². The molecule has 1 saturated carbocycles. The van der Waals surface area contributed by atoms with Gasteiger partial charge in [0, 0.05) is 17.2 Å². The van der Waals surface area contributed by atoms with E-state index in [1.807, 2.05) is 18.2 Å². The SMILES string of the molecule is COc1ccc(C(=O)NC2CCCCCC2)cc1COc1cc(C)cc(C)c1C. The van der Waals surface area contributed by atoms with E-state index in [2.05, 4.69) is 38.2 Å². The Labute approximate surface area is 174 Å². The van der Waals surface area contributed by atoms with E-state index in [4.69, 9.17) is 9.47 Å². The summed E-state index contributed by atoms with van der Waals surface area (Å²) in [5, 5.41) is 3.22. The topological polar surface area (TPSA) is 47.6 Å². The van der Waals surface area contributed by atoms with E-state index in [0.29, 0.717) is 12.2 Å². The van der Waals surface area contributed by atoms with E-state index < -0.39 is 0 Å². The molecular formula is C25H33NO3. The summed E-state index contributed by atoms with van der Waals surface area (Å²) < 4.78 is 11.6. The lowest BCUT2D eigenvalue weighted by molar-refractivity contribution is 0.0933. The smallest absolute Gasteiger partial charge is 0.251 e. The molecule has 0 spiro atoms. The second-order valence-electron chi connectivity index (χ2n) is 8.18. The van der Waals surface area contributed by atoms with E-state index in [1.54, 1.807) is 7.11 Å². The van der Waals surface area contributed by atoms with E-state index in [-0.39, 0.29) is 11.9 Å². The molecule has 1 fully saturated rings. The highest BCUT2D eigenvalue weighted by molar-refractivity contribution is 5.94. The highest BCUT2D eigenvalue weighted by Gasteiger charge is 2.17. The first-order valence-corrected chi connectivity index (χ1v) is 10.7. The third-order valence-corrected chi connectivity index (χ3v) is 5.88. The Balaban J connectivity index is 1.74. The van der Waals surface area contributed by atoms with E-state index in [9.17, 15) is 4.79 Å². The zero-order valence-electron chi connectivity index (χ0n) is 18.1. The summed E-state index contributed by atoms with van der Waals surface area (Å²) >= 11 is 0. The van der Waals surface area contributed by atoms with Crippen molar-refractivity contribution in [1.82, 2.24) is 5.32 Å². The third-order valence-electron chi connectivity index (χ3n) is 5.88. The molecule has 0 aromatic heterocycles. The normalized spacial score (nSPS) is 14.9. The monoisotopic (exact) mass is 395 g/mol. The van der Waals surface area contributed by atoms with Crippen LogP contribution in [0.2, 0.25) is 0 Å². The van der Waals surface area contributed by atoms with Crippen molar-refractivity contribution in [3.63, 3.8) is 0 Å². The van der Waals surface area contributed by atoms with Crippen LogP contribution in [0.5, 0.6) is 11.5 Å². The van der Waals surface area contributed by atoms with Crippen LogP contribution >= 0.6 is 0 Å². The number of nitrogens with one attached hydrogen (secondary N) is 1. The minimum absolute atomic E-state index is 0.0108. The molecule has 0 radical (unpaired) electrons. The molecule has 1 aliphatic carbocycles. The molecule has 2 aromatic rings. The minimum atomic E-state index is -0.0108. The van der Waals surface area contributed by atoms with Gasteiger partial charge in [-0.1, -0.05) is 31.7 Å². The van der Waals surface area contributed by atoms with Gasteiger partial charge in [-0.25, -0.2) is 0 Å². The standard InChI is InChI=1S/C25H33NO3/c1-17-13-18(2)19(3)24(14-17)29-16-21-15-20(11-12-23(21)28-4)25(27)26-22-9-7-5-6-8-10-22/h11-15,22H,5-10,16H2,1-4H3,(H,26,27). The molecule has 0 atom stereocenters. The molecule has 0 saturated heterocycles. The molecule has 0 aliphatic heterocycles. The van der Waals surface area contributed by atoms with E-state index in [1.165, 1.54) is 36.8 Å². The number of rotatable bonds is 6. The maximum absolute atomic E-state index is 12.8. The molecule has 4 heteroatoms. The zero-order valence-corrected chi connectivity index (χ0v) is 18.1. The fourth-order valence-electron chi connectivity index (χ4n) is 4.03. The molecule has 1 aliphatic rings. The number of aryl methyl sites for hydroxylation is 2. The minimum Gasteiger partial charge on any atom is -0.496 e. The molecule has 1 N–H and O–H groups in total. The summed E-state index contributed by atoms with van der Waals surface area (Å²) in [6.45, 7) is 6.59. The van der Waals surface area contributed by atoms with Gasteiger partial charge < -0.3 is 14.8 Å². The fourth-order valence-corrected chi connectivity index (χ4v) is 4.03. The van der Waals surface area contributed by atoms with Crippen molar-refractivity contribution in [2.75, 3.05) is 7.11 Å². The lowest BCUT2D eigenvalue weighted by Crippen LogP contribution is -2.34. The highest BCUT2D eigenvalue weighted by atomic mass is 16.5. The number of carbonyl (C=O) groups is 1. The van der Waals surface area contributed by atoms with Crippen LogP contribution < -0.4 is 14.8 Å². The van der Waals surface area contributed by atoms with Crippen molar-refractivity contribution in [2.24, 2.45) is 0 Å². The maximum Gasteiger partial charge on any atom is 0.251 e. The number of hydrogen-bond acceptors (Lipinski definition) is 3. The molecular weight excluding hydrogens is 362 g/mol. The van der Waals surface area contributed by atoms with Gasteiger partial charge in [-0.05, 0) is 74.6 Å². The van der Waals surface area contributed by atoms with Gasteiger partial charge in [-0.2, -0.15) is 0 Å². The predicted octanol–water partition coefficient (Wildman–Crippen LogP) is 5.65. The average molecular weight is 396 g/mol. The summed E-state index contributed by atoms with van der Waals surface area (Å²) in [6.07, 6.45) is 7.08. The predicted molar refractivity (Wildman–Crippen MR) is 117 cm³/mol. The van der Waals surface area contributed by atoms with Crippen molar-refractivity contribution < 1.29 is 14.3 Å². The van der Waals surface area contributed by atoms with Crippen LogP contribution in [0, 0.1) is 20.8 Å². The van der Waals surface area contributed by atoms with Gasteiger partial charge in [-0.15, -0.1) is 0 Å². The van der Waals surface area contributed by atoms with Crippen LogP contribution in [0.3, 0.4) is 0 Å². The number of hydrogen-bond donors (Lipinski definition) is 1. The third kappa shape index (κ3) is 5.53. The summed E-state index contributed by atoms with van der Waals surface area (Å²) in [7, 11) is 1.65. The molecule has 4 nitrogen and oxygen atoms in total. The number of carbonyl (C=O) groups excluding carboxylic acids is 1. The number of methoxy groups -OCH3 is 1. The van der Waals surface area contributed by atoms with Gasteiger partial charge in [0.2, 0.25) is 0 Å². The second kappa shape index (κ2) is 9.82. The first-order chi connectivity index (χ1) is 14.0. The fraction of sp³-hybridized carbons (Fsp3) is 0.480. The molecule has 0 heterocycles. The summed E-state index contributed by atoms with van der Waals surface area (Å²) in [5.41, 5.74) is 5.05. The first-order valence-electron chi connectivity index (χ1n) is 10.7. The van der Waals surface area contributed by atoms with Crippen LogP contribution in [-0.2, 0) is 6.61 Å². The average Bonchev–Trinajstić information content (AvgIpc) is 2.98. The Bertz CT molecular complexity index is 851. The first kappa shape index (κ1) is 21.2. The number of amides is 1. The van der Waals surface area contributed by atoms with Gasteiger partial charge in [0.15, 0.2) is 0 Å². The van der Waals surface area contributed by atoms with Crippen LogP contribution in [0.4, 0.5) is 0 Å². The van der Waals surface area contributed by atoms with Gasteiger partial charge in [0.25, 0.3) is 5.91 Å². The highest BCUT2D eigenvalue weighted by Crippen LogP contribution is 2.27. The van der Waals surface area contributed by atoms with Gasteiger partial charge in [-0.3, -0.25) is 4.79 Å². The van der Waals surface area contributed by atoms with Crippen LogP contribution in [0.1, 0.15) is 71.1 Å². The van der Waals surface area contributed by atoms with Crippen molar-refractivity contribution in [3.05, 3.63) is 58.1 Å². The van der Waals surface area contributed by atoms with Gasteiger partial charge in [0.1, 0.15) is 18.1 Å². The molecule has 2 aromatic carbocycles. The van der Waals surface area contributed by atoms with E-state index >= 15 is 0 Å². The van der Waals surface area contributed by atoms with Gasteiger partial charge in [0.05, 0.1) is 7.11 Å². The Morgan fingerprint density at radius 1 is 1.00 bits per heavy atom. The van der Waals surface area contributed by atoms with Crippen molar-refractivity contribution in [1.29, 1.82) is 0 Å². The summed E-state index contributed by atoms with van der Waals surface area (Å²) in [5.74, 6) is 1.60. The molecule has 1 amide bonds. The number of ether oxygens (including phenoxy) is 2. The summed E-state index contributed by atoms with van der Waals surface area (Å²) in [6, 6.07) is 10.1. The Hall–Kier alpha value is -2.49. The lowest BCUT2D eigenvalue weighted by atomic mass is 10.1. The molecule has 0 unspecified atom stereocenters. The summed E-state index contributed by atoms with van der Waals surface area (Å²) in [4.78, 5) is 12.8. The van der Waals surface area contributed by atoms with Crippen molar-refractivity contribution in [2.45, 2.75) is 71.9 Å². The Morgan fingerprint density at radius 2 is 1.72 bits per heavy atom. The molecule has 29 heavy (non-hydrogen) atoms. The lowest BCUT2D eigenvalue weighted by Gasteiger charge is -2.18. The molecule has 0 bridgehead atoms. The Kier molecular flexibility index (Phi) is 7.18. The quantitative estimate of drug-likeness (QED) is 0.643. The van der Waals surface area contributed by atoms with E-state index in [0.717, 1.165) is 35.5 Å². The maximum atomic E-state index is 12.8. The van der Waals surface area contributed by atoms with Crippen LogP contribution in [0.15, 0.2) is 30.3 Å². The van der Waals surface area contributed by atoms with Crippen LogP contribution in [0.25, 0.3) is 0 Å². The zero-order chi connectivity index (χ0) is 20.8. The molecule has 156 valence electrons.